The first-order valence-electron chi connectivity index (χ1n) is 9.06. The molecular weight excluding hydrogens is 366 g/mol. The van der Waals surface area contributed by atoms with E-state index in [9.17, 15) is 14.4 Å². The molecule has 28 heavy (non-hydrogen) atoms. The number of nitrogens with zero attached hydrogens (tertiary/aromatic N) is 1. The van der Waals surface area contributed by atoms with Gasteiger partial charge in [0.25, 0.3) is 0 Å². The Morgan fingerprint density at radius 1 is 1.14 bits per heavy atom. The Morgan fingerprint density at radius 2 is 1.82 bits per heavy atom. The average molecular weight is 393 g/mol. The van der Waals surface area contributed by atoms with E-state index in [-0.39, 0.29) is 26.4 Å². The van der Waals surface area contributed by atoms with Gasteiger partial charge in [0.1, 0.15) is 24.7 Å². The summed E-state index contributed by atoms with van der Waals surface area (Å²) in [5.41, 5.74) is 0.0695. The number of hydrogen-bond donors (Lipinski definition) is 0. The summed E-state index contributed by atoms with van der Waals surface area (Å²) in [6.45, 7) is 5.10. The monoisotopic (exact) mass is 393 g/mol. The summed E-state index contributed by atoms with van der Waals surface area (Å²) in [6.07, 6.45) is -0.714. The molecule has 1 fully saturated rings. The van der Waals surface area contributed by atoms with Crippen molar-refractivity contribution < 1.29 is 33.3 Å². The van der Waals surface area contributed by atoms with E-state index in [0.717, 1.165) is 5.56 Å². The van der Waals surface area contributed by atoms with E-state index in [1.54, 1.807) is 20.8 Å². The first-order chi connectivity index (χ1) is 13.2. The highest BCUT2D eigenvalue weighted by molar-refractivity contribution is 5.80. The quantitative estimate of drug-likeness (QED) is 0.540. The third kappa shape index (κ3) is 6.23. The van der Waals surface area contributed by atoms with E-state index in [4.69, 9.17) is 18.9 Å². The summed E-state index contributed by atoms with van der Waals surface area (Å²) < 4.78 is 20.8. The van der Waals surface area contributed by atoms with Crippen molar-refractivity contribution >= 4 is 18.0 Å². The molecule has 8 heteroatoms. The number of ether oxygens (including phenoxy) is 4. The summed E-state index contributed by atoms with van der Waals surface area (Å²) >= 11 is 0. The Balaban J connectivity index is 2.10. The molecule has 1 saturated heterocycles. The van der Waals surface area contributed by atoms with Crippen molar-refractivity contribution in [3.05, 3.63) is 35.9 Å². The lowest BCUT2D eigenvalue weighted by Gasteiger charge is -2.32. The lowest BCUT2D eigenvalue weighted by molar-refractivity contribution is -0.150. The molecular formula is C20H27NO7. The maximum Gasteiger partial charge on any atom is 0.411 e. The minimum atomic E-state index is -0.760. The molecule has 0 N–H and O–H groups in total. The number of carbonyl (C=O) groups is 3. The van der Waals surface area contributed by atoms with E-state index in [1.165, 1.54) is 12.0 Å². The maximum absolute atomic E-state index is 12.7. The van der Waals surface area contributed by atoms with Gasteiger partial charge in [0.15, 0.2) is 0 Å². The molecule has 1 aliphatic heterocycles. The van der Waals surface area contributed by atoms with Crippen LogP contribution in [0.1, 0.15) is 26.3 Å². The fourth-order valence-corrected chi connectivity index (χ4v) is 2.79. The Labute approximate surface area is 164 Å². The molecule has 1 aliphatic rings. The van der Waals surface area contributed by atoms with Gasteiger partial charge in [-0.1, -0.05) is 30.3 Å². The molecule has 154 valence electrons. The molecule has 8 nitrogen and oxygen atoms in total. The van der Waals surface area contributed by atoms with Crippen LogP contribution in [0.5, 0.6) is 0 Å². The molecule has 0 saturated carbocycles. The van der Waals surface area contributed by atoms with E-state index in [0.29, 0.717) is 0 Å². The second-order valence-electron chi connectivity index (χ2n) is 7.49. The van der Waals surface area contributed by atoms with Crippen molar-refractivity contribution in [3.63, 3.8) is 0 Å². The van der Waals surface area contributed by atoms with Crippen molar-refractivity contribution in [2.24, 2.45) is 5.92 Å². The number of amides is 1. The molecule has 1 heterocycles. The van der Waals surface area contributed by atoms with Gasteiger partial charge >= 0.3 is 18.0 Å². The van der Waals surface area contributed by atoms with Gasteiger partial charge in [-0.2, -0.15) is 0 Å². The SMILES string of the molecule is COC(=O)[C@H]1COC[C@H]1N(CC(=O)OCc1ccccc1)C(=O)OC(C)(C)C. The molecule has 2 atom stereocenters. The minimum Gasteiger partial charge on any atom is -0.469 e. The van der Waals surface area contributed by atoms with Gasteiger partial charge in [-0.3, -0.25) is 14.5 Å². The highest BCUT2D eigenvalue weighted by Gasteiger charge is 2.43. The largest absolute Gasteiger partial charge is 0.469 e. The van der Waals surface area contributed by atoms with Gasteiger partial charge in [-0.25, -0.2) is 4.79 Å². The molecule has 1 aromatic carbocycles. The van der Waals surface area contributed by atoms with Crippen LogP contribution in [0.4, 0.5) is 4.79 Å². The highest BCUT2D eigenvalue weighted by Crippen LogP contribution is 2.23. The average Bonchev–Trinajstić information content (AvgIpc) is 3.12. The van der Waals surface area contributed by atoms with Crippen molar-refractivity contribution in [2.75, 3.05) is 26.9 Å². The topological polar surface area (TPSA) is 91.4 Å². The molecule has 0 aliphatic carbocycles. The molecule has 0 aromatic heterocycles. The fraction of sp³-hybridized carbons (Fsp3) is 0.550. The van der Waals surface area contributed by atoms with Crippen molar-refractivity contribution in [2.45, 2.75) is 39.0 Å². The molecule has 0 spiro atoms. The number of benzene rings is 1. The number of methoxy groups -OCH3 is 1. The Hall–Kier alpha value is -2.61. The smallest absolute Gasteiger partial charge is 0.411 e. The van der Waals surface area contributed by atoms with E-state index >= 15 is 0 Å². The molecule has 1 amide bonds. The molecule has 2 rings (SSSR count). The van der Waals surface area contributed by atoms with E-state index < -0.39 is 35.6 Å². The summed E-state index contributed by atoms with van der Waals surface area (Å²) in [6, 6.07) is 8.53. The second kappa shape index (κ2) is 9.54. The third-order valence-electron chi connectivity index (χ3n) is 4.12. The zero-order valence-corrected chi connectivity index (χ0v) is 16.7. The summed E-state index contributed by atoms with van der Waals surface area (Å²) in [7, 11) is 1.27. The van der Waals surface area contributed by atoms with Crippen molar-refractivity contribution in [1.29, 1.82) is 0 Å². The van der Waals surface area contributed by atoms with Crippen LogP contribution in [0.15, 0.2) is 30.3 Å². The predicted molar refractivity (Wildman–Crippen MR) is 99.3 cm³/mol. The predicted octanol–water partition coefficient (Wildman–Crippen LogP) is 2.15. The van der Waals surface area contributed by atoms with Crippen LogP contribution in [-0.2, 0) is 35.1 Å². The first-order valence-corrected chi connectivity index (χ1v) is 9.06. The normalized spacial score (nSPS) is 19.0. The van der Waals surface area contributed by atoms with E-state index in [2.05, 4.69) is 0 Å². The zero-order chi connectivity index (χ0) is 20.7. The van der Waals surface area contributed by atoms with Gasteiger partial charge in [-0.15, -0.1) is 0 Å². The number of hydrogen-bond acceptors (Lipinski definition) is 7. The number of carbonyl (C=O) groups excluding carboxylic acids is 3. The van der Waals surface area contributed by atoms with Gasteiger partial charge in [0, 0.05) is 0 Å². The second-order valence-corrected chi connectivity index (χ2v) is 7.49. The van der Waals surface area contributed by atoms with Crippen LogP contribution in [0.2, 0.25) is 0 Å². The highest BCUT2D eigenvalue weighted by atomic mass is 16.6. The summed E-state index contributed by atoms with van der Waals surface area (Å²) in [5.74, 6) is -1.81. The standard InChI is InChI=1S/C20H27NO7/c1-20(2,3)28-19(24)21(16-13-26-12-15(16)18(23)25-4)10-17(22)27-11-14-8-6-5-7-9-14/h5-9,15-16H,10-13H2,1-4H3/t15-,16+/m0/s1. The van der Waals surface area contributed by atoms with Crippen LogP contribution >= 0.6 is 0 Å². The van der Waals surface area contributed by atoms with Gasteiger partial charge in [0.05, 0.1) is 26.4 Å². The molecule has 0 radical (unpaired) electrons. The van der Waals surface area contributed by atoms with Crippen LogP contribution in [0.25, 0.3) is 0 Å². The van der Waals surface area contributed by atoms with Crippen molar-refractivity contribution in [3.8, 4) is 0 Å². The first kappa shape index (κ1) is 21.7. The maximum atomic E-state index is 12.7. The Bertz CT molecular complexity index is 684. The summed E-state index contributed by atoms with van der Waals surface area (Å²) in [5, 5.41) is 0. The van der Waals surface area contributed by atoms with Crippen LogP contribution in [0.3, 0.4) is 0 Å². The number of rotatable bonds is 6. The van der Waals surface area contributed by atoms with Crippen LogP contribution in [-0.4, -0.2) is 61.4 Å². The minimum absolute atomic E-state index is 0.0867. The number of esters is 2. The zero-order valence-electron chi connectivity index (χ0n) is 16.7. The summed E-state index contributed by atoms with van der Waals surface area (Å²) in [4.78, 5) is 38.3. The Kier molecular flexibility index (Phi) is 7.39. The van der Waals surface area contributed by atoms with Crippen LogP contribution < -0.4 is 0 Å². The van der Waals surface area contributed by atoms with Gasteiger partial charge in [0.2, 0.25) is 0 Å². The molecule has 0 unspecified atom stereocenters. The molecule has 0 bridgehead atoms. The van der Waals surface area contributed by atoms with E-state index in [1.807, 2.05) is 30.3 Å². The van der Waals surface area contributed by atoms with Gasteiger partial charge < -0.3 is 18.9 Å². The molecule has 1 aromatic rings. The van der Waals surface area contributed by atoms with Crippen LogP contribution in [0, 0.1) is 5.92 Å². The van der Waals surface area contributed by atoms with Crippen molar-refractivity contribution in [1.82, 2.24) is 4.90 Å². The third-order valence-corrected chi connectivity index (χ3v) is 4.12. The fourth-order valence-electron chi connectivity index (χ4n) is 2.79. The lowest BCUT2D eigenvalue weighted by Crippen LogP contribution is -2.50. The van der Waals surface area contributed by atoms with Gasteiger partial charge in [-0.05, 0) is 26.3 Å². The lowest BCUT2D eigenvalue weighted by atomic mass is 10.0. The Morgan fingerprint density at radius 3 is 2.43 bits per heavy atom.